The fourth-order valence-electron chi connectivity index (χ4n) is 0.0393. The molecule has 0 N–H and O–H groups in total. The summed E-state index contributed by atoms with van der Waals surface area (Å²) in [5.74, 6) is 0. The summed E-state index contributed by atoms with van der Waals surface area (Å²) in [6.07, 6.45) is 1.15. The van der Waals surface area contributed by atoms with Crippen LogP contribution in [0.5, 0.6) is 0 Å². The molecule has 0 aromatic carbocycles. The molecule has 0 unspecified atom stereocenters. The molecule has 0 fully saturated rings. The first-order valence-corrected chi connectivity index (χ1v) is 1.29. The van der Waals surface area contributed by atoms with Gasteiger partial charge in [-0.2, -0.15) is 0 Å². The zero-order chi connectivity index (χ0) is 4.12. The van der Waals surface area contributed by atoms with E-state index in [1.807, 2.05) is 0 Å². The Labute approximate surface area is 107 Å². The van der Waals surface area contributed by atoms with Crippen molar-refractivity contribution in [1.82, 2.24) is 0 Å². The fourth-order valence-corrected chi connectivity index (χ4v) is 0.0393. The first-order valence-electron chi connectivity index (χ1n) is 1.29. The van der Waals surface area contributed by atoms with Crippen molar-refractivity contribution in [3.8, 4) is 0 Å². The second kappa shape index (κ2) is 15.7. The first kappa shape index (κ1) is 16.0. The predicted octanol–water partition coefficient (Wildman–Crippen LogP) is -1.52. The van der Waals surface area contributed by atoms with Crippen molar-refractivity contribution in [3.63, 3.8) is 0 Å². The van der Waals surface area contributed by atoms with Gasteiger partial charge in [-0.1, -0.05) is 0 Å². The van der Waals surface area contributed by atoms with E-state index in [0.717, 1.165) is 0 Å². The molecule has 0 aliphatic carbocycles. The molecule has 32 valence electrons. The van der Waals surface area contributed by atoms with Gasteiger partial charge in [-0.25, -0.2) is 0 Å². The molecular weight excluding hydrogens is 130 g/mol. The summed E-state index contributed by atoms with van der Waals surface area (Å²) in [5.41, 5.74) is 0. The van der Waals surface area contributed by atoms with Crippen molar-refractivity contribution < 1.29 is 9.59 Å². The number of hydrogen-bond acceptors (Lipinski definition) is 2. The van der Waals surface area contributed by atoms with Gasteiger partial charge in [-0.05, 0) is 0 Å². The van der Waals surface area contributed by atoms with Gasteiger partial charge in [0.1, 0.15) is 12.6 Å². The van der Waals surface area contributed by atoms with Gasteiger partial charge in [0.15, 0.2) is 0 Å². The third kappa shape index (κ3) is 18.0. The Morgan fingerprint density at radius 3 is 1.43 bits per heavy atom. The minimum atomic E-state index is 0. The number of hydrogen-bond donors (Lipinski definition) is 0. The molecule has 0 aromatic heterocycles. The van der Waals surface area contributed by atoms with Gasteiger partial charge in [0, 0.05) is 0 Å². The quantitative estimate of drug-likeness (QED) is 0.262. The molecule has 0 radical (unpaired) electrons. The number of carbonyl (C=O) groups is 2. The summed E-state index contributed by atoms with van der Waals surface area (Å²) in [6.45, 7) is 0. The van der Waals surface area contributed by atoms with Crippen LogP contribution in [0.15, 0.2) is 0 Å². The summed E-state index contributed by atoms with van der Waals surface area (Å²) >= 11 is 0. The number of aldehydes is 2. The van der Waals surface area contributed by atoms with E-state index in [-0.39, 0.29) is 87.4 Å². The van der Waals surface area contributed by atoms with E-state index >= 15 is 0 Å². The van der Waals surface area contributed by atoms with E-state index in [0.29, 0.717) is 12.6 Å². The van der Waals surface area contributed by atoms with Gasteiger partial charge in [0.2, 0.25) is 0 Å². The van der Waals surface area contributed by atoms with Crippen molar-refractivity contribution in [2.75, 3.05) is 0 Å². The van der Waals surface area contributed by atoms with Crippen LogP contribution < -0.4 is 0 Å². The molecular formula is C3H6KNaO2. The maximum atomic E-state index is 9.17. The zero-order valence-electron chi connectivity index (χ0n) is 2.68. The summed E-state index contributed by atoms with van der Waals surface area (Å²) in [6, 6.07) is 0. The molecule has 4 heteroatoms. The second-order valence-corrected chi connectivity index (χ2v) is 0.569. The molecule has 0 amide bonds. The van der Waals surface area contributed by atoms with Crippen LogP contribution in [0, 0.1) is 0 Å². The van der Waals surface area contributed by atoms with Crippen LogP contribution in [0.4, 0.5) is 0 Å². The van der Waals surface area contributed by atoms with Crippen LogP contribution in [0.3, 0.4) is 0 Å². The van der Waals surface area contributed by atoms with Crippen LogP contribution >= 0.6 is 0 Å². The van der Waals surface area contributed by atoms with Gasteiger partial charge < -0.3 is 9.59 Å². The van der Waals surface area contributed by atoms with E-state index in [9.17, 15) is 9.59 Å². The zero-order valence-corrected chi connectivity index (χ0v) is 2.68. The molecule has 0 atom stereocenters. The Balaban J connectivity index is -0.0000000800. The third-order valence-electron chi connectivity index (χ3n) is 0.192. The molecule has 0 aliphatic rings. The maximum absolute atomic E-state index is 9.17. The third-order valence-corrected chi connectivity index (χ3v) is 0.192. The molecule has 0 heterocycles. The van der Waals surface area contributed by atoms with E-state index < -0.39 is 0 Å². The molecule has 0 aromatic rings. The Morgan fingerprint density at radius 2 is 1.43 bits per heavy atom. The average molecular weight is 136 g/mol. The topological polar surface area (TPSA) is 34.1 Å². The molecule has 0 saturated carbocycles. The molecule has 0 spiro atoms. The normalized spacial score (nSPS) is 4.57. The van der Waals surface area contributed by atoms with Crippen molar-refractivity contribution >= 4 is 93.5 Å². The van der Waals surface area contributed by atoms with Gasteiger partial charge in [0.25, 0.3) is 0 Å². The Morgan fingerprint density at radius 1 is 1.14 bits per heavy atom. The van der Waals surface area contributed by atoms with Crippen molar-refractivity contribution in [2.24, 2.45) is 0 Å². The van der Waals surface area contributed by atoms with Crippen LogP contribution in [0.1, 0.15) is 6.42 Å². The molecule has 2 nitrogen and oxygen atoms in total. The van der Waals surface area contributed by atoms with E-state index in [1.165, 1.54) is 0 Å². The van der Waals surface area contributed by atoms with Crippen molar-refractivity contribution in [2.45, 2.75) is 6.42 Å². The second-order valence-electron chi connectivity index (χ2n) is 0.569. The molecule has 7 heavy (non-hydrogen) atoms. The number of rotatable bonds is 2. The summed E-state index contributed by atoms with van der Waals surface area (Å²) in [4.78, 5) is 18.3. The Bertz CT molecular complexity index is 42.2. The molecule has 0 bridgehead atoms. The summed E-state index contributed by atoms with van der Waals surface area (Å²) in [7, 11) is 0. The van der Waals surface area contributed by atoms with E-state index in [1.54, 1.807) is 0 Å². The van der Waals surface area contributed by atoms with Gasteiger partial charge in [-0.3, -0.25) is 0 Å². The molecule has 0 rings (SSSR count). The van der Waals surface area contributed by atoms with E-state index in [2.05, 4.69) is 0 Å². The average Bonchev–Trinajstić information content (AvgIpc) is 1.41. The van der Waals surface area contributed by atoms with E-state index in [4.69, 9.17) is 0 Å². The summed E-state index contributed by atoms with van der Waals surface area (Å²) in [5, 5.41) is 0. The fraction of sp³-hybridized carbons (Fsp3) is 0.333. The van der Waals surface area contributed by atoms with Gasteiger partial charge in [-0.15, -0.1) is 0 Å². The standard InChI is InChI=1S/C3H4O2.K.Na.2H/c4-2-1-3-5;;;;/h2-3H,1H2;;;;. The van der Waals surface area contributed by atoms with Crippen LogP contribution in [0.2, 0.25) is 0 Å². The Kier molecular flexibility index (Phi) is 35.8. The Hall–Kier alpha value is 1.98. The predicted molar refractivity (Wildman–Crippen MR) is 31.0 cm³/mol. The van der Waals surface area contributed by atoms with Crippen LogP contribution in [-0.2, 0) is 9.59 Å². The number of carbonyl (C=O) groups excluding carboxylic acids is 2. The van der Waals surface area contributed by atoms with Crippen molar-refractivity contribution in [3.05, 3.63) is 0 Å². The van der Waals surface area contributed by atoms with Crippen molar-refractivity contribution in [1.29, 1.82) is 0 Å². The van der Waals surface area contributed by atoms with Crippen LogP contribution in [-0.4, -0.2) is 93.5 Å². The summed E-state index contributed by atoms with van der Waals surface area (Å²) < 4.78 is 0. The first-order chi connectivity index (χ1) is 2.41. The molecule has 0 saturated heterocycles. The van der Waals surface area contributed by atoms with Gasteiger partial charge in [0.05, 0.1) is 6.42 Å². The minimum absolute atomic E-state index is 0. The monoisotopic (exact) mass is 136 g/mol. The SMILES string of the molecule is O=CCC=O.[KH].[NaH]. The van der Waals surface area contributed by atoms with Crippen LogP contribution in [0.25, 0.3) is 0 Å². The molecule has 0 aliphatic heterocycles. The van der Waals surface area contributed by atoms with Gasteiger partial charge >= 0.3 is 80.9 Å².